The quantitative estimate of drug-likeness (QED) is 0.862. The Hall–Kier alpha value is -1.65. The number of carbonyl (C=O) groups is 1. The fourth-order valence-electron chi connectivity index (χ4n) is 2.29. The highest BCUT2D eigenvalue weighted by atomic mass is 16.4. The molecule has 5 heteroatoms. The van der Waals surface area contributed by atoms with E-state index in [9.17, 15) is 4.79 Å². The lowest BCUT2D eigenvalue weighted by Gasteiger charge is -2.20. The SMILES string of the molecule is CN(CC1CCCC1)c1ncc(C(=O)O)cn1. The van der Waals surface area contributed by atoms with Crippen LogP contribution in [0.3, 0.4) is 0 Å². The summed E-state index contributed by atoms with van der Waals surface area (Å²) in [5, 5.41) is 8.75. The second-order valence-electron chi connectivity index (χ2n) is 4.61. The number of carboxylic acids is 1. The van der Waals surface area contributed by atoms with Gasteiger partial charge in [0, 0.05) is 26.0 Å². The Morgan fingerprint density at radius 3 is 2.53 bits per heavy atom. The van der Waals surface area contributed by atoms with E-state index in [1.165, 1.54) is 38.1 Å². The van der Waals surface area contributed by atoms with Crippen LogP contribution in [-0.4, -0.2) is 34.6 Å². The average Bonchev–Trinajstić information content (AvgIpc) is 2.82. The summed E-state index contributed by atoms with van der Waals surface area (Å²) in [5.74, 6) is 0.333. The number of anilines is 1. The summed E-state index contributed by atoms with van der Waals surface area (Å²) in [6.45, 7) is 0.951. The van der Waals surface area contributed by atoms with E-state index in [-0.39, 0.29) is 5.56 Å². The minimum atomic E-state index is -0.991. The Morgan fingerprint density at radius 2 is 2.00 bits per heavy atom. The van der Waals surface area contributed by atoms with E-state index >= 15 is 0 Å². The van der Waals surface area contributed by atoms with E-state index in [1.807, 2.05) is 11.9 Å². The van der Waals surface area contributed by atoms with Gasteiger partial charge in [-0.1, -0.05) is 12.8 Å². The van der Waals surface area contributed by atoms with Gasteiger partial charge in [-0.25, -0.2) is 14.8 Å². The third-order valence-corrected chi connectivity index (χ3v) is 3.23. The monoisotopic (exact) mass is 235 g/mol. The van der Waals surface area contributed by atoms with Gasteiger partial charge in [0.15, 0.2) is 0 Å². The summed E-state index contributed by atoms with van der Waals surface area (Å²) in [4.78, 5) is 20.8. The maximum atomic E-state index is 10.7. The molecule has 1 N–H and O–H groups in total. The molecule has 92 valence electrons. The van der Waals surface area contributed by atoms with Crippen LogP contribution < -0.4 is 4.90 Å². The van der Waals surface area contributed by atoms with Crippen molar-refractivity contribution < 1.29 is 9.90 Å². The molecule has 5 nitrogen and oxygen atoms in total. The third-order valence-electron chi connectivity index (χ3n) is 3.23. The van der Waals surface area contributed by atoms with Crippen LogP contribution in [0.25, 0.3) is 0 Å². The van der Waals surface area contributed by atoms with Gasteiger partial charge in [-0.3, -0.25) is 0 Å². The van der Waals surface area contributed by atoms with Crippen LogP contribution in [-0.2, 0) is 0 Å². The molecular formula is C12H17N3O2. The number of rotatable bonds is 4. The molecular weight excluding hydrogens is 218 g/mol. The first kappa shape index (κ1) is 11.8. The normalized spacial score (nSPS) is 16.1. The zero-order valence-electron chi connectivity index (χ0n) is 9.96. The summed E-state index contributed by atoms with van der Waals surface area (Å²) in [7, 11) is 1.95. The maximum absolute atomic E-state index is 10.7. The zero-order valence-corrected chi connectivity index (χ0v) is 9.96. The van der Waals surface area contributed by atoms with Crippen molar-refractivity contribution in [1.82, 2.24) is 9.97 Å². The smallest absolute Gasteiger partial charge is 0.338 e. The van der Waals surface area contributed by atoms with Gasteiger partial charge in [0.1, 0.15) is 0 Å². The number of nitrogens with zero attached hydrogens (tertiary/aromatic N) is 3. The highest BCUT2D eigenvalue weighted by Gasteiger charge is 2.18. The maximum Gasteiger partial charge on any atom is 0.338 e. The van der Waals surface area contributed by atoms with Gasteiger partial charge in [0.2, 0.25) is 5.95 Å². The van der Waals surface area contributed by atoms with E-state index in [4.69, 9.17) is 5.11 Å². The van der Waals surface area contributed by atoms with Gasteiger partial charge in [-0.15, -0.1) is 0 Å². The minimum Gasteiger partial charge on any atom is -0.478 e. The van der Waals surface area contributed by atoms with Gasteiger partial charge in [-0.2, -0.15) is 0 Å². The van der Waals surface area contributed by atoms with Crippen LogP contribution in [0.15, 0.2) is 12.4 Å². The lowest BCUT2D eigenvalue weighted by atomic mass is 10.1. The predicted molar refractivity (Wildman–Crippen MR) is 64.2 cm³/mol. The van der Waals surface area contributed by atoms with Crippen molar-refractivity contribution in [1.29, 1.82) is 0 Å². The molecule has 0 unspecified atom stereocenters. The summed E-state index contributed by atoms with van der Waals surface area (Å²) in [5.41, 5.74) is 0.128. The molecule has 0 atom stereocenters. The Kier molecular flexibility index (Phi) is 3.56. The molecule has 1 fully saturated rings. The van der Waals surface area contributed by atoms with Gasteiger partial charge >= 0.3 is 5.97 Å². The molecule has 0 radical (unpaired) electrons. The average molecular weight is 235 g/mol. The summed E-state index contributed by atoms with van der Waals surface area (Å²) < 4.78 is 0. The van der Waals surface area contributed by atoms with Gasteiger partial charge < -0.3 is 10.0 Å². The molecule has 0 amide bonds. The fraction of sp³-hybridized carbons (Fsp3) is 0.583. The number of hydrogen-bond acceptors (Lipinski definition) is 4. The van der Waals surface area contributed by atoms with Gasteiger partial charge in [0.05, 0.1) is 5.56 Å². The van der Waals surface area contributed by atoms with Crippen molar-refractivity contribution >= 4 is 11.9 Å². The van der Waals surface area contributed by atoms with Crippen LogP contribution in [0.1, 0.15) is 36.0 Å². The van der Waals surface area contributed by atoms with Crippen LogP contribution >= 0.6 is 0 Å². The Bertz CT molecular complexity index is 385. The molecule has 2 rings (SSSR count). The fourth-order valence-corrected chi connectivity index (χ4v) is 2.29. The van der Waals surface area contributed by atoms with Crippen LogP contribution in [0.2, 0.25) is 0 Å². The van der Waals surface area contributed by atoms with E-state index in [2.05, 4.69) is 9.97 Å². The second-order valence-corrected chi connectivity index (χ2v) is 4.61. The Labute approximate surface area is 100 Å². The van der Waals surface area contributed by atoms with Crippen molar-refractivity contribution in [3.63, 3.8) is 0 Å². The lowest BCUT2D eigenvalue weighted by molar-refractivity contribution is 0.0696. The molecule has 1 aromatic rings. The van der Waals surface area contributed by atoms with Crippen molar-refractivity contribution in [2.45, 2.75) is 25.7 Å². The second kappa shape index (κ2) is 5.12. The number of aromatic carboxylic acids is 1. The first-order valence-corrected chi connectivity index (χ1v) is 5.93. The Morgan fingerprint density at radius 1 is 1.41 bits per heavy atom. The lowest BCUT2D eigenvalue weighted by Crippen LogP contribution is -2.25. The molecule has 1 aromatic heterocycles. The van der Waals surface area contributed by atoms with E-state index in [1.54, 1.807) is 0 Å². The largest absolute Gasteiger partial charge is 0.478 e. The molecule has 0 aliphatic heterocycles. The summed E-state index contributed by atoms with van der Waals surface area (Å²) in [6, 6.07) is 0. The van der Waals surface area contributed by atoms with Crippen molar-refractivity contribution in [2.75, 3.05) is 18.5 Å². The molecule has 0 spiro atoms. The molecule has 1 aliphatic rings. The minimum absolute atomic E-state index is 0.128. The van der Waals surface area contributed by atoms with Gasteiger partial charge in [0.25, 0.3) is 0 Å². The standard InChI is InChI=1S/C12H17N3O2/c1-15(8-9-4-2-3-5-9)12-13-6-10(7-14-12)11(16)17/h6-7,9H,2-5,8H2,1H3,(H,16,17). The van der Waals surface area contributed by atoms with Crippen LogP contribution in [0.4, 0.5) is 5.95 Å². The number of hydrogen-bond donors (Lipinski definition) is 1. The van der Waals surface area contributed by atoms with Crippen LogP contribution in [0.5, 0.6) is 0 Å². The van der Waals surface area contributed by atoms with Crippen molar-refractivity contribution in [3.8, 4) is 0 Å². The first-order chi connectivity index (χ1) is 8.16. The zero-order chi connectivity index (χ0) is 12.3. The van der Waals surface area contributed by atoms with Crippen molar-refractivity contribution in [2.24, 2.45) is 5.92 Å². The van der Waals surface area contributed by atoms with E-state index in [0.717, 1.165) is 12.5 Å². The van der Waals surface area contributed by atoms with E-state index in [0.29, 0.717) is 5.95 Å². The first-order valence-electron chi connectivity index (χ1n) is 5.93. The number of carboxylic acid groups (broad SMARTS) is 1. The molecule has 0 saturated heterocycles. The van der Waals surface area contributed by atoms with E-state index < -0.39 is 5.97 Å². The van der Waals surface area contributed by atoms with Crippen molar-refractivity contribution in [3.05, 3.63) is 18.0 Å². The Balaban J connectivity index is 1.98. The molecule has 1 saturated carbocycles. The summed E-state index contributed by atoms with van der Waals surface area (Å²) >= 11 is 0. The molecule has 1 heterocycles. The molecule has 17 heavy (non-hydrogen) atoms. The summed E-state index contributed by atoms with van der Waals surface area (Å²) in [6.07, 6.45) is 7.90. The highest BCUT2D eigenvalue weighted by molar-refractivity contribution is 5.86. The van der Waals surface area contributed by atoms with Gasteiger partial charge in [-0.05, 0) is 18.8 Å². The molecule has 0 aromatic carbocycles. The number of aromatic nitrogens is 2. The van der Waals surface area contributed by atoms with Crippen LogP contribution in [0, 0.1) is 5.92 Å². The topological polar surface area (TPSA) is 66.3 Å². The third kappa shape index (κ3) is 2.93. The predicted octanol–water partition coefficient (Wildman–Crippen LogP) is 1.80. The highest BCUT2D eigenvalue weighted by Crippen LogP contribution is 2.25. The molecule has 1 aliphatic carbocycles. The molecule has 0 bridgehead atoms.